The second kappa shape index (κ2) is 5.63. The summed E-state index contributed by atoms with van der Waals surface area (Å²) in [7, 11) is 1.52. The van der Waals surface area contributed by atoms with Crippen LogP contribution in [0.2, 0.25) is 0 Å². The Morgan fingerprint density at radius 1 is 1.17 bits per heavy atom. The molecule has 0 spiro atoms. The molecule has 3 rings (SSSR count). The number of hydrogen-bond acceptors (Lipinski definition) is 4. The molecular formula is C16H12F3N3O2. The normalized spacial score (nSPS) is 12.4. The molecule has 1 aromatic carbocycles. The SMILES string of the molecule is Cc1nn(C)c(=O)c2noc(/C=C/c3ccc(C(F)(F)F)cc3)c12. The van der Waals surface area contributed by atoms with Crippen molar-refractivity contribution in [2.45, 2.75) is 13.1 Å². The molecule has 0 radical (unpaired) electrons. The van der Waals surface area contributed by atoms with Gasteiger partial charge in [0, 0.05) is 7.05 Å². The van der Waals surface area contributed by atoms with Crippen LogP contribution in [-0.2, 0) is 13.2 Å². The number of rotatable bonds is 2. The zero-order valence-corrected chi connectivity index (χ0v) is 12.8. The van der Waals surface area contributed by atoms with Crippen LogP contribution in [0, 0.1) is 6.92 Å². The van der Waals surface area contributed by atoms with E-state index in [1.54, 1.807) is 19.1 Å². The van der Waals surface area contributed by atoms with Crippen LogP contribution in [0.25, 0.3) is 23.1 Å². The number of benzene rings is 1. The number of aryl methyl sites for hydroxylation is 2. The van der Waals surface area contributed by atoms with E-state index in [0.29, 0.717) is 22.4 Å². The highest BCUT2D eigenvalue weighted by atomic mass is 19.4. The maximum absolute atomic E-state index is 12.5. The van der Waals surface area contributed by atoms with E-state index in [2.05, 4.69) is 10.3 Å². The molecule has 8 heteroatoms. The van der Waals surface area contributed by atoms with Gasteiger partial charge in [-0.25, -0.2) is 4.68 Å². The summed E-state index contributed by atoms with van der Waals surface area (Å²) in [4.78, 5) is 11.9. The summed E-state index contributed by atoms with van der Waals surface area (Å²) in [6, 6.07) is 4.70. The Balaban J connectivity index is 1.97. The molecule has 5 nitrogen and oxygen atoms in total. The van der Waals surface area contributed by atoms with Crippen LogP contribution in [-0.4, -0.2) is 14.9 Å². The lowest BCUT2D eigenvalue weighted by Gasteiger charge is -2.05. The molecule has 0 unspecified atom stereocenters. The molecule has 2 aromatic heterocycles. The molecule has 0 saturated heterocycles. The molecule has 0 N–H and O–H groups in total. The van der Waals surface area contributed by atoms with Gasteiger partial charge in [-0.3, -0.25) is 4.79 Å². The second-order valence-corrected chi connectivity index (χ2v) is 5.24. The summed E-state index contributed by atoms with van der Waals surface area (Å²) in [5, 5.41) is 8.31. The van der Waals surface area contributed by atoms with Gasteiger partial charge < -0.3 is 4.52 Å². The first-order valence-electron chi connectivity index (χ1n) is 6.96. The fraction of sp³-hybridized carbons (Fsp3) is 0.188. The maximum Gasteiger partial charge on any atom is 0.416 e. The molecule has 0 aliphatic carbocycles. The predicted octanol–water partition coefficient (Wildman–Crippen LogP) is 3.42. The Hall–Kier alpha value is -2.90. The Bertz CT molecular complexity index is 983. The Labute approximate surface area is 134 Å². The third kappa shape index (κ3) is 2.82. The van der Waals surface area contributed by atoms with Gasteiger partial charge in [0.1, 0.15) is 0 Å². The number of aromatic nitrogens is 3. The van der Waals surface area contributed by atoms with Crippen molar-refractivity contribution >= 4 is 23.1 Å². The Kier molecular flexibility index (Phi) is 3.75. The highest BCUT2D eigenvalue weighted by Gasteiger charge is 2.29. The van der Waals surface area contributed by atoms with E-state index in [0.717, 1.165) is 12.1 Å². The van der Waals surface area contributed by atoms with Crippen molar-refractivity contribution in [3.8, 4) is 0 Å². The monoisotopic (exact) mass is 335 g/mol. The summed E-state index contributed by atoms with van der Waals surface area (Å²) in [5.41, 5.74) is 0.196. The predicted molar refractivity (Wildman–Crippen MR) is 82.2 cm³/mol. The fourth-order valence-electron chi connectivity index (χ4n) is 2.34. The average Bonchev–Trinajstić information content (AvgIpc) is 2.95. The molecule has 0 aliphatic rings. The molecule has 0 fully saturated rings. The molecule has 0 atom stereocenters. The van der Waals surface area contributed by atoms with Gasteiger partial charge in [0.05, 0.1) is 16.6 Å². The minimum absolute atomic E-state index is 0.164. The summed E-state index contributed by atoms with van der Waals surface area (Å²) < 4.78 is 43.9. The molecule has 0 bridgehead atoms. The summed E-state index contributed by atoms with van der Waals surface area (Å²) in [5.74, 6) is 0.326. The minimum Gasteiger partial charge on any atom is -0.355 e. The van der Waals surface area contributed by atoms with Gasteiger partial charge in [-0.2, -0.15) is 18.3 Å². The van der Waals surface area contributed by atoms with Crippen molar-refractivity contribution in [3.05, 3.63) is 57.2 Å². The maximum atomic E-state index is 12.5. The first kappa shape index (κ1) is 16.0. The van der Waals surface area contributed by atoms with Gasteiger partial charge >= 0.3 is 6.18 Å². The topological polar surface area (TPSA) is 60.9 Å². The van der Waals surface area contributed by atoms with Crippen molar-refractivity contribution in [2.75, 3.05) is 0 Å². The van der Waals surface area contributed by atoms with E-state index < -0.39 is 11.7 Å². The molecule has 3 aromatic rings. The standard InChI is InChI=1S/C16H12F3N3O2/c1-9-13-12(24-21-14(13)15(23)22(2)20-9)8-5-10-3-6-11(7-4-10)16(17,18)19/h3-8H,1-2H3/b8-5+. The summed E-state index contributed by atoms with van der Waals surface area (Å²) in [6.45, 7) is 1.72. The third-order valence-corrected chi connectivity index (χ3v) is 3.54. The molecule has 24 heavy (non-hydrogen) atoms. The zero-order chi connectivity index (χ0) is 17.5. The van der Waals surface area contributed by atoms with Crippen LogP contribution in [0.5, 0.6) is 0 Å². The van der Waals surface area contributed by atoms with E-state index >= 15 is 0 Å². The highest BCUT2D eigenvalue weighted by molar-refractivity contribution is 5.89. The zero-order valence-electron chi connectivity index (χ0n) is 12.8. The highest BCUT2D eigenvalue weighted by Crippen LogP contribution is 2.29. The van der Waals surface area contributed by atoms with Crippen LogP contribution in [0.4, 0.5) is 13.2 Å². The van der Waals surface area contributed by atoms with Gasteiger partial charge in [0.15, 0.2) is 11.3 Å². The van der Waals surface area contributed by atoms with E-state index in [1.165, 1.54) is 23.9 Å². The second-order valence-electron chi connectivity index (χ2n) is 5.24. The van der Waals surface area contributed by atoms with Crippen LogP contribution >= 0.6 is 0 Å². The van der Waals surface area contributed by atoms with E-state index in [-0.39, 0.29) is 11.1 Å². The van der Waals surface area contributed by atoms with Crippen molar-refractivity contribution in [2.24, 2.45) is 7.05 Å². The first-order valence-corrected chi connectivity index (χ1v) is 6.96. The fourth-order valence-corrected chi connectivity index (χ4v) is 2.34. The van der Waals surface area contributed by atoms with Crippen molar-refractivity contribution < 1.29 is 17.7 Å². The molecule has 0 aliphatic heterocycles. The smallest absolute Gasteiger partial charge is 0.355 e. The van der Waals surface area contributed by atoms with Crippen molar-refractivity contribution in [1.29, 1.82) is 0 Å². The number of fused-ring (bicyclic) bond motifs is 1. The van der Waals surface area contributed by atoms with Crippen LogP contribution in [0.15, 0.2) is 33.6 Å². The van der Waals surface area contributed by atoms with Crippen LogP contribution in [0.3, 0.4) is 0 Å². The number of nitrogens with zero attached hydrogens (tertiary/aromatic N) is 3. The van der Waals surface area contributed by atoms with E-state index in [4.69, 9.17) is 4.52 Å². The van der Waals surface area contributed by atoms with Gasteiger partial charge in [-0.05, 0) is 30.7 Å². The average molecular weight is 335 g/mol. The van der Waals surface area contributed by atoms with Gasteiger partial charge in [0.2, 0.25) is 0 Å². The van der Waals surface area contributed by atoms with Gasteiger partial charge in [0.25, 0.3) is 5.56 Å². The largest absolute Gasteiger partial charge is 0.416 e. The summed E-state index contributed by atoms with van der Waals surface area (Å²) >= 11 is 0. The van der Waals surface area contributed by atoms with Crippen LogP contribution in [0.1, 0.15) is 22.6 Å². The minimum atomic E-state index is -4.37. The quantitative estimate of drug-likeness (QED) is 0.720. The lowest BCUT2D eigenvalue weighted by Crippen LogP contribution is -2.20. The third-order valence-electron chi connectivity index (χ3n) is 3.54. The summed E-state index contributed by atoms with van der Waals surface area (Å²) in [6.07, 6.45) is -1.24. The molecular weight excluding hydrogens is 323 g/mol. The van der Waals surface area contributed by atoms with E-state index in [9.17, 15) is 18.0 Å². The molecule has 124 valence electrons. The number of alkyl halides is 3. The molecule has 0 saturated carbocycles. The lowest BCUT2D eigenvalue weighted by atomic mass is 10.1. The first-order chi connectivity index (χ1) is 11.3. The van der Waals surface area contributed by atoms with Crippen LogP contribution < -0.4 is 5.56 Å². The lowest BCUT2D eigenvalue weighted by molar-refractivity contribution is -0.137. The molecule has 0 amide bonds. The van der Waals surface area contributed by atoms with Gasteiger partial charge in [-0.1, -0.05) is 23.4 Å². The Morgan fingerprint density at radius 2 is 1.83 bits per heavy atom. The molecule has 2 heterocycles. The number of halogens is 3. The number of hydrogen-bond donors (Lipinski definition) is 0. The van der Waals surface area contributed by atoms with Gasteiger partial charge in [-0.15, -0.1) is 0 Å². The van der Waals surface area contributed by atoms with Crippen molar-refractivity contribution in [1.82, 2.24) is 14.9 Å². The Morgan fingerprint density at radius 3 is 2.46 bits per heavy atom. The van der Waals surface area contributed by atoms with E-state index in [1.807, 2.05) is 0 Å². The van der Waals surface area contributed by atoms with Crippen molar-refractivity contribution in [3.63, 3.8) is 0 Å².